The fourth-order valence-corrected chi connectivity index (χ4v) is 0.134. The molecule has 7 heavy (non-hydrogen) atoms. The third kappa shape index (κ3) is 5.23. The maximum atomic E-state index is 9.61. The highest BCUT2D eigenvalue weighted by Crippen LogP contribution is 1.78. The quantitative estimate of drug-likeness (QED) is 0.429. The number of primary amides is 1. The Bertz CT molecular complexity index is 70.6. The Labute approximate surface area is 40.9 Å². The second kappa shape index (κ2) is 2.41. The number of carbonyl (C=O) groups excluding carboxylic acids is 1. The molecule has 0 saturated heterocycles. The van der Waals surface area contributed by atoms with E-state index in [1.54, 1.807) is 0 Å². The molecule has 0 aliphatic rings. The van der Waals surface area contributed by atoms with Crippen molar-refractivity contribution >= 4 is 6.09 Å². The van der Waals surface area contributed by atoms with E-state index in [9.17, 15) is 4.79 Å². The minimum atomic E-state index is -1.35. The van der Waals surface area contributed by atoms with E-state index in [1.165, 1.54) is 0 Å². The maximum Gasteiger partial charge on any atom is 0.406 e. The Morgan fingerprint density at radius 2 is 2.43 bits per heavy atom. The van der Waals surface area contributed by atoms with Crippen molar-refractivity contribution in [1.82, 2.24) is 0 Å². The van der Waals surface area contributed by atoms with Crippen LogP contribution < -0.4 is 5.73 Å². The van der Waals surface area contributed by atoms with Gasteiger partial charge in [-0.1, -0.05) is 0 Å². The molecular weight excluding hydrogens is 98.0 g/mol. The predicted molar refractivity (Wildman–Crippen MR) is 22.0 cm³/mol. The van der Waals surface area contributed by atoms with Gasteiger partial charge in [-0.25, -0.2) is 4.79 Å². The summed E-state index contributed by atoms with van der Waals surface area (Å²) in [6, 6.07) is 0. The number of nitrogens with two attached hydrogens (primary N) is 1. The van der Waals surface area contributed by atoms with Gasteiger partial charge in [-0.3, -0.25) is 0 Å². The van der Waals surface area contributed by atoms with Gasteiger partial charge in [0.1, 0.15) is 0 Å². The van der Waals surface area contributed by atoms with Crippen molar-refractivity contribution in [3.63, 3.8) is 0 Å². The number of rotatable bonds is 1. The Hall–Kier alpha value is -0.770. The summed E-state index contributed by atoms with van der Waals surface area (Å²) in [5.41, 5.74) is 4.43. The van der Waals surface area contributed by atoms with E-state index in [1.807, 2.05) is 0 Å². The standard InChI is InChI=1S/C3H6NO3/c1-2(5)7-3(4)6/h2,5H,1H2,(H2,4,6). The van der Waals surface area contributed by atoms with Crippen LogP contribution in [0.15, 0.2) is 0 Å². The van der Waals surface area contributed by atoms with Crippen LogP contribution in [0.2, 0.25) is 0 Å². The highest BCUT2D eigenvalue weighted by Gasteiger charge is 1.96. The molecule has 0 aromatic heterocycles. The van der Waals surface area contributed by atoms with E-state index >= 15 is 0 Å². The number of aliphatic hydroxyl groups excluding tert-OH is 1. The average molecular weight is 104 g/mol. The first-order valence-corrected chi connectivity index (χ1v) is 1.60. The number of ether oxygens (including phenoxy) is 1. The molecule has 0 aromatic carbocycles. The minimum absolute atomic E-state index is 1.03. The largest absolute Gasteiger partial charge is 0.420 e. The van der Waals surface area contributed by atoms with E-state index in [0.29, 0.717) is 0 Å². The normalized spacial score (nSPS) is 12.9. The number of hydrogen-bond donors (Lipinski definition) is 2. The molecule has 1 atom stereocenters. The first-order chi connectivity index (χ1) is 3.13. The van der Waals surface area contributed by atoms with E-state index in [0.717, 1.165) is 0 Å². The second-order valence-electron chi connectivity index (χ2n) is 0.892. The molecule has 0 aliphatic carbocycles. The summed E-state index contributed by atoms with van der Waals surface area (Å²) in [6.45, 7) is 2.91. The highest BCUT2D eigenvalue weighted by molar-refractivity contribution is 5.64. The number of amides is 1. The van der Waals surface area contributed by atoms with E-state index in [-0.39, 0.29) is 0 Å². The molecule has 0 saturated carbocycles. The zero-order chi connectivity index (χ0) is 5.86. The van der Waals surface area contributed by atoms with Crippen LogP contribution in [0.4, 0.5) is 4.79 Å². The fraction of sp³-hybridized carbons (Fsp3) is 0.333. The molecule has 0 fully saturated rings. The smallest absolute Gasteiger partial charge is 0.406 e. The molecule has 3 N–H and O–H groups in total. The molecule has 0 spiro atoms. The monoisotopic (exact) mass is 104 g/mol. The summed E-state index contributed by atoms with van der Waals surface area (Å²) < 4.78 is 3.83. The third-order valence-corrected chi connectivity index (χ3v) is 0.252. The SMILES string of the molecule is [CH2]C(O)OC(N)=O. The highest BCUT2D eigenvalue weighted by atomic mass is 16.6. The Morgan fingerprint density at radius 3 is 2.43 bits per heavy atom. The predicted octanol–water partition coefficient (Wildman–Crippen LogP) is -0.766. The molecule has 0 rings (SSSR count). The van der Waals surface area contributed by atoms with Gasteiger partial charge in [0.15, 0.2) is 0 Å². The van der Waals surface area contributed by atoms with Crippen LogP contribution in [0.3, 0.4) is 0 Å². The van der Waals surface area contributed by atoms with Gasteiger partial charge in [-0.15, -0.1) is 0 Å². The van der Waals surface area contributed by atoms with Crippen LogP contribution in [0.5, 0.6) is 0 Å². The van der Waals surface area contributed by atoms with Crippen molar-refractivity contribution in [2.24, 2.45) is 5.73 Å². The number of aliphatic hydroxyl groups is 1. The topological polar surface area (TPSA) is 72.6 Å². The van der Waals surface area contributed by atoms with Gasteiger partial charge < -0.3 is 15.6 Å². The van der Waals surface area contributed by atoms with Gasteiger partial charge in [0.05, 0.1) is 0 Å². The van der Waals surface area contributed by atoms with Gasteiger partial charge in [0.2, 0.25) is 6.29 Å². The van der Waals surface area contributed by atoms with Gasteiger partial charge in [0, 0.05) is 6.92 Å². The molecule has 0 aromatic rings. The van der Waals surface area contributed by atoms with Crippen molar-refractivity contribution in [1.29, 1.82) is 0 Å². The van der Waals surface area contributed by atoms with Crippen molar-refractivity contribution in [2.75, 3.05) is 0 Å². The summed E-state index contributed by atoms with van der Waals surface area (Å²) in [5, 5.41) is 8.09. The zero-order valence-corrected chi connectivity index (χ0v) is 3.63. The van der Waals surface area contributed by atoms with Gasteiger partial charge in [-0.05, 0) is 0 Å². The molecule has 1 amide bonds. The minimum Gasteiger partial charge on any atom is -0.420 e. The molecule has 4 heteroatoms. The van der Waals surface area contributed by atoms with Crippen LogP contribution in [-0.4, -0.2) is 17.5 Å². The van der Waals surface area contributed by atoms with E-state index in [2.05, 4.69) is 17.4 Å². The van der Waals surface area contributed by atoms with Crippen LogP contribution in [-0.2, 0) is 4.74 Å². The van der Waals surface area contributed by atoms with Crippen molar-refractivity contribution in [3.8, 4) is 0 Å². The van der Waals surface area contributed by atoms with Gasteiger partial charge >= 0.3 is 6.09 Å². The molecular formula is C3H6NO3. The van der Waals surface area contributed by atoms with Crippen LogP contribution in [0, 0.1) is 6.92 Å². The Kier molecular flexibility index (Phi) is 2.15. The lowest BCUT2D eigenvalue weighted by Crippen LogP contribution is -2.19. The lowest BCUT2D eigenvalue weighted by molar-refractivity contribution is -0.0138. The summed E-state index contributed by atoms with van der Waals surface area (Å²) in [5.74, 6) is 0. The molecule has 0 heterocycles. The first kappa shape index (κ1) is 6.23. The summed E-state index contributed by atoms with van der Waals surface area (Å²) >= 11 is 0. The summed E-state index contributed by atoms with van der Waals surface area (Å²) in [4.78, 5) is 9.61. The number of hydrogen-bond acceptors (Lipinski definition) is 3. The van der Waals surface area contributed by atoms with Crippen molar-refractivity contribution < 1.29 is 14.6 Å². The van der Waals surface area contributed by atoms with Crippen LogP contribution in [0.25, 0.3) is 0 Å². The van der Waals surface area contributed by atoms with Crippen molar-refractivity contribution in [2.45, 2.75) is 6.29 Å². The molecule has 4 nitrogen and oxygen atoms in total. The lowest BCUT2D eigenvalue weighted by atomic mass is 10.8. The molecule has 1 radical (unpaired) electrons. The zero-order valence-electron chi connectivity index (χ0n) is 3.63. The van der Waals surface area contributed by atoms with Crippen molar-refractivity contribution in [3.05, 3.63) is 6.92 Å². The van der Waals surface area contributed by atoms with Gasteiger partial charge in [0.25, 0.3) is 0 Å². The Morgan fingerprint density at radius 1 is 2.00 bits per heavy atom. The summed E-state index contributed by atoms with van der Waals surface area (Å²) in [6.07, 6.45) is -2.38. The van der Waals surface area contributed by atoms with E-state index < -0.39 is 12.4 Å². The fourth-order valence-electron chi connectivity index (χ4n) is 0.134. The van der Waals surface area contributed by atoms with E-state index in [4.69, 9.17) is 5.11 Å². The second-order valence-corrected chi connectivity index (χ2v) is 0.892. The molecule has 0 aliphatic heterocycles. The Balaban J connectivity index is 3.13. The lowest BCUT2D eigenvalue weighted by Gasteiger charge is -1.99. The van der Waals surface area contributed by atoms with Crippen LogP contribution in [0.1, 0.15) is 0 Å². The molecule has 41 valence electrons. The summed E-state index contributed by atoms with van der Waals surface area (Å²) in [7, 11) is 0. The van der Waals surface area contributed by atoms with Gasteiger partial charge in [-0.2, -0.15) is 0 Å². The average Bonchev–Trinajstić information content (AvgIpc) is 1.27. The number of carbonyl (C=O) groups is 1. The molecule has 1 unspecified atom stereocenters. The maximum absolute atomic E-state index is 9.61. The van der Waals surface area contributed by atoms with Crippen LogP contribution >= 0.6 is 0 Å². The first-order valence-electron chi connectivity index (χ1n) is 1.60. The third-order valence-electron chi connectivity index (χ3n) is 0.252. The molecule has 0 bridgehead atoms.